The van der Waals surface area contributed by atoms with E-state index in [2.05, 4.69) is 18.7 Å². The van der Waals surface area contributed by atoms with Crippen LogP contribution in [0.15, 0.2) is 0 Å². The molecular formula is C34H72NO3P. The Morgan fingerprint density at radius 3 is 0.923 bits per heavy atom. The Balaban J connectivity index is 3.55. The summed E-state index contributed by atoms with van der Waals surface area (Å²) in [6.45, 7) is 9.13. The highest BCUT2D eigenvalue weighted by Crippen LogP contribution is 2.24. The minimum absolute atomic E-state index is 0.482. The predicted octanol–water partition coefficient (Wildman–Crippen LogP) is 11.5. The maximum absolute atomic E-state index is 8.69. The van der Waals surface area contributed by atoms with Crippen molar-refractivity contribution < 1.29 is 14.3 Å². The van der Waals surface area contributed by atoms with Crippen LogP contribution in [0.5, 0.6) is 0 Å². The highest BCUT2D eigenvalue weighted by atomic mass is 31.2. The fourth-order valence-electron chi connectivity index (χ4n) is 5.63. The van der Waals surface area contributed by atoms with Crippen LogP contribution in [0, 0.1) is 0 Å². The van der Waals surface area contributed by atoms with Crippen molar-refractivity contribution in [2.45, 2.75) is 194 Å². The van der Waals surface area contributed by atoms with Crippen molar-refractivity contribution in [3.63, 3.8) is 0 Å². The fourth-order valence-corrected chi connectivity index (χ4v) is 5.92. The highest BCUT2D eigenvalue weighted by Gasteiger charge is 2.05. The van der Waals surface area contributed by atoms with Crippen LogP contribution in [0.3, 0.4) is 0 Å². The maximum atomic E-state index is 8.69. The van der Waals surface area contributed by atoms with Crippen LogP contribution in [0.4, 0.5) is 0 Å². The summed E-state index contributed by atoms with van der Waals surface area (Å²) < 4.78 is 4.80. The maximum Gasteiger partial charge on any atom is 0.327 e. The lowest BCUT2D eigenvalue weighted by Gasteiger charge is -2.22. The minimum Gasteiger partial charge on any atom is -0.328 e. The SMILES string of the molecule is CCCCCCCCN(CCCCCCCC)CCCCCCCCCCCCCCCCCCOP(O)O. The van der Waals surface area contributed by atoms with E-state index in [1.807, 2.05) is 0 Å². The molecule has 0 heterocycles. The summed E-state index contributed by atoms with van der Waals surface area (Å²) in [4.78, 5) is 20.2. The van der Waals surface area contributed by atoms with Gasteiger partial charge < -0.3 is 19.2 Å². The highest BCUT2D eigenvalue weighted by molar-refractivity contribution is 7.39. The van der Waals surface area contributed by atoms with E-state index in [0.717, 1.165) is 12.8 Å². The van der Waals surface area contributed by atoms with Crippen molar-refractivity contribution in [2.75, 3.05) is 26.2 Å². The molecule has 0 aliphatic heterocycles. The second kappa shape index (κ2) is 34.5. The third-order valence-corrected chi connectivity index (χ3v) is 8.64. The first kappa shape index (κ1) is 39.3. The van der Waals surface area contributed by atoms with Gasteiger partial charge in [-0.05, 0) is 45.3 Å². The zero-order chi connectivity index (χ0) is 28.5. The second-order valence-corrected chi connectivity index (χ2v) is 12.9. The minimum atomic E-state index is -2.16. The zero-order valence-electron chi connectivity index (χ0n) is 26.8. The molecule has 0 aromatic heterocycles. The molecule has 0 aromatic rings. The molecule has 0 amide bonds. The monoisotopic (exact) mass is 574 g/mol. The second-order valence-electron chi connectivity index (χ2n) is 12.1. The third-order valence-electron chi connectivity index (χ3n) is 8.23. The zero-order valence-corrected chi connectivity index (χ0v) is 27.7. The summed E-state index contributed by atoms with van der Waals surface area (Å²) in [5, 5.41) is 0. The third kappa shape index (κ3) is 34.4. The Morgan fingerprint density at radius 2 is 0.641 bits per heavy atom. The average molecular weight is 574 g/mol. The Morgan fingerprint density at radius 1 is 0.385 bits per heavy atom. The first-order valence-corrected chi connectivity index (χ1v) is 18.9. The van der Waals surface area contributed by atoms with Crippen molar-refractivity contribution in [1.29, 1.82) is 0 Å². The molecule has 0 saturated carbocycles. The van der Waals surface area contributed by atoms with Gasteiger partial charge in [0.1, 0.15) is 0 Å². The van der Waals surface area contributed by atoms with Gasteiger partial charge in [-0.3, -0.25) is 0 Å². The van der Waals surface area contributed by atoms with Crippen molar-refractivity contribution in [3.8, 4) is 0 Å². The van der Waals surface area contributed by atoms with Crippen molar-refractivity contribution in [3.05, 3.63) is 0 Å². The molecule has 0 atom stereocenters. The number of hydrogen-bond donors (Lipinski definition) is 2. The van der Waals surface area contributed by atoms with Crippen molar-refractivity contribution >= 4 is 8.60 Å². The molecule has 0 aliphatic carbocycles. The quantitative estimate of drug-likeness (QED) is 0.0594. The van der Waals surface area contributed by atoms with Gasteiger partial charge in [0.2, 0.25) is 0 Å². The Labute approximate surface area is 247 Å². The lowest BCUT2D eigenvalue weighted by atomic mass is 10.0. The first-order chi connectivity index (χ1) is 19.2. The standard InChI is InChI=1S/C34H72NO3P/c1-3-5-7-9-23-27-31-35(32-28-24-10-8-6-4-2)33-29-25-21-19-17-15-13-11-12-14-16-18-20-22-26-30-34-38-39(36)37/h36-37H,3-34H2,1-2H3. The van der Waals surface area contributed by atoms with Crippen molar-refractivity contribution in [1.82, 2.24) is 4.90 Å². The van der Waals surface area contributed by atoms with Crippen LogP contribution < -0.4 is 0 Å². The smallest absolute Gasteiger partial charge is 0.327 e. The molecule has 0 spiro atoms. The van der Waals surface area contributed by atoms with Gasteiger partial charge in [0.15, 0.2) is 0 Å². The molecular weight excluding hydrogens is 501 g/mol. The Kier molecular flexibility index (Phi) is 34.7. The van der Waals surface area contributed by atoms with E-state index < -0.39 is 8.60 Å². The van der Waals surface area contributed by atoms with Gasteiger partial charge in [-0.1, -0.05) is 168 Å². The molecule has 0 aromatic carbocycles. The molecule has 0 radical (unpaired) electrons. The van der Waals surface area contributed by atoms with Crippen LogP contribution in [-0.4, -0.2) is 40.9 Å². The molecule has 0 unspecified atom stereocenters. The molecule has 0 rings (SSSR count). The molecule has 0 fully saturated rings. The molecule has 236 valence electrons. The molecule has 5 heteroatoms. The van der Waals surface area contributed by atoms with Gasteiger partial charge >= 0.3 is 8.60 Å². The summed E-state index contributed by atoms with van der Waals surface area (Å²) in [6.07, 6.45) is 38.6. The first-order valence-electron chi connectivity index (χ1n) is 17.7. The van der Waals surface area contributed by atoms with Crippen LogP contribution in [0.2, 0.25) is 0 Å². The molecule has 0 aliphatic rings. The Bertz CT molecular complexity index is 423. The lowest BCUT2D eigenvalue weighted by Crippen LogP contribution is -2.27. The van der Waals surface area contributed by atoms with Crippen LogP contribution >= 0.6 is 8.60 Å². The van der Waals surface area contributed by atoms with Gasteiger partial charge in [-0.25, -0.2) is 0 Å². The number of nitrogens with zero attached hydrogens (tertiary/aromatic N) is 1. The van der Waals surface area contributed by atoms with E-state index in [9.17, 15) is 0 Å². The molecule has 4 nitrogen and oxygen atoms in total. The van der Waals surface area contributed by atoms with E-state index >= 15 is 0 Å². The van der Waals surface area contributed by atoms with Gasteiger partial charge in [0.25, 0.3) is 0 Å². The fraction of sp³-hybridized carbons (Fsp3) is 1.00. The predicted molar refractivity (Wildman–Crippen MR) is 174 cm³/mol. The molecule has 2 N–H and O–H groups in total. The van der Waals surface area contributed by atoms with Crippen molar-refractivity contribution in [2.24, 2.45) is 0 Å². The summed E-state index contributed by atoms with van der Waals surface area (Å²) in [7, 11) is -2.16. The largest absolute Gasteiger partial charge is 0.328 e. The number of hydrogen-bond acceptors (Lipinski definition) is 4. The van der Waals surface area contributed by atoms with Crippen LogP contribution in [0.25, 0.3) is 0 Å². The van der Waals surface area contributed by atoms with E-state index in [-0.39, 0.29) is 0 Å². The van der Waals surface area contributed by atoms with E-state index in [4.69, 9.17) is 14.3 Å². The van der Waals surface area contributed by atoms with E-state index in [1.165, 1.54) is 187 Å². The molecule has 0 saturated heterocycles. The van der Waals surface area contributed by atoms with Gasteiger partial charge in [-0.15, -0.1) is 0 Å². The summed E-state index contributed by atoms with van der Waals surface area (Å²) in [5.41, 5.74) is 0. The van der Waals surface area contributed by atoms with Crippen LogP contribution in [0.1, 0.15) is 194 Å². The van der Waals surface area contributed by atoms with Gasteiger partial charge in [-0.2, -0.15) is 0 Å². The summed E-state index contributed by atoms with van der Waals surface area (Å²) in [6, 6.07) is 0. The number of rotatable bonds is 34. The van der Waals surface area contributed by atoms with Gasteiger partial charge in [0.05, 0.1) is 6.61 Å². The number of unbranched alkanes of at least 4 members (excludes halogenated alkanes) is 25. The summed E-state index contributed by atoms with van der Waals surface area (Å²) >= 11 is 0. The average Bonchev–Trinajstić information content (AvgIpc) is 2.93. The Hall–Kier alpha value is 0.270. The normalized spacial score (nSPS) is 11.8. The molecule has 39 heavy (non-hydrogen) atoms. The topological polar surface area (TPSA) is 52.9 Å². The van der Waals surface area contributed by atoms with Crippen LogP contribution in [-0.2, 0) is 4.52 Å². The van der Waals surface area contributed by atoms with Gasteiger partial charge in [0, 0.05) is 0 Å². The van der Waals surface area contributed by atoms with E-state index in [1.54, 1.807) is 0 Å². The summed E-state index contributed by atoms with van der Waals surface area (Å²) in [5.74, 6) is 0. The van der Waals surface area contributed by atoms with E-state index in [0.29, 0.717) is 6.61 Å². The lowest BCUT2D eigenvalue weighted by molar-refractivity contribution is 0.248. The molecule has 0 bridgehead atoms.